The first-order chi connectivity index (χ1) is 9.08. The Balaban J connectivity index is 1.86. The van der Waals surface area contributed by atoms with Crippen LogP contribution in [-0.2, 0) is 0 Å². The minimum absolute atomic E-state index is 0.00446. The van der Waals surface area contributed by atoms with Gasteiger partial charge in [0.05, 0.1) is 0 Å². The second kappa shape index (κ2) is 6.22. The van der Waals surface area contributed by atoms with Crippen molar-refractivity contribution in [3.05, 3.63) is 18.0 Å². The quantitative estimate of drug-likeness (QED) is 0.907. The highest BCUT2D eigenvalue weighted by molar-refractivity contribution is 5.92. The summed E-state index contributed by atoms with van der Waals surface area (Å²) in [6.45, 7) is 7.18. The van der Waals surface area contributed by atoms with Gasteiger partial charge in [0.1, 0.15) is 5.69 Å². The molecule has 1 fully saturated rings. The molecule has 0 bridgehead atoms. The third-order valence-electron chi connectivity index (χ3n) is 4.08. The molecule has 1 N–H and O–H groups in total. The lowest BCUT2D eigenvalue weighted by atomic mass is 9.83. The molecule has 0 unspecified atom stereocenters. The second-order valence-corrected chi connectivity index (χ2v) is 6.09. The molecule has 0 radical (unpaired) electrons. The fraction of sp³-hybridized carbons (Fsp3) is 0.733. The van der Waals surface area contributed by atoms with E-state index in [-0.39, 0.29) is 11.9 Å². The van der Waals surface area contributed by atoms with Gasteiger partial charge in [0.15, 0.2) is 0 Å². The van der Waals surface area contributed by atoms with Crippen LogP contribution in [0, 0.1) is 11.8 Å². The summed E-state index contributed by atoms with van der Waals surface area (Å²) in [5, 5.41) is 7.26. The van der Waals surface area contributed by atoms with Gasteiger partial charge in [-0.15, -0.1) is 0 Å². The van der Waals surface area contributed by atoms with Gasteiger partial charge in [-0.3, -0.25) is 9.48 Å². The lowest BCUT2D eigenvalue weighted by Gasteiger charge is -2.26. The zero-order valence-electron chi connectivity index (χ0n) is 12.2. The van der Waals surface area contributed by atoms with Crippen molar-refractivity contribution in [2.45, 2.75) is 52.5 Å². The van der Waals surface area contributed by atoms with Gasteiger partial charge in [0, 0.05) is 18.8 Å². The van der Waals surface area contributed by atoms with Crippen molar-refractivity contribution in [1.82, 2.24) is 15.1 Å². The van der Waals surface area contributed by atoms with Crippen LogP contribution in [0.1, 0.15) is 63.0 Å². The molecule has 0 atom stereocenters. The zero-order chi connectivity index (χ0) is 13.8. The van der Waals surface area contributed by atoms with Crippen LogP contribution in [0.4, 0.5) is 0 Å². The summed E-state index contributed by atoms with van der Waals surface area (Å²) < 4.78 is 1.78. The SMILES string of the molecule is CC1CCC(CNC(=O)c2ccnn2C(C)C)CC1. The molecule has 1 aromatic rings. The first-order valence-electron chi connectivity index (χ1n) is 7.39. The van der Waals surface area contributed by atoms with Crippen LogP contribution in [0.25, 0.3) is 0 Å². The predicted molar refractivity (Wildman–Crippen MR) is 76.1 cm³/mol. The van der Waals surface area contributed by atoms with Gasteiger partial charge in [0.2, 0.25) is 0 Å². The minimum atomic E-state index is 0.00446. The normalized spacial score (nSPS) is 23.6. The van der Waals surface area contributed by atoms with E-state index in [1.165, 1.54) is 25.7 Å². The van der Waals surface area contributed by atoms with E-state index in [1.54, 1.807) is 16.9 Å². The van der Waals surface area contributed by atoms with Crippen LogP contribution >= 0.6 is 0 Å². The van der Waals surface area contributed by atoms with Crippen molar-refractivity contribution in [3.8, 4) is 0 Å². The Morgan fingerprint density at radius 1 is 1.42 bits per heavy atom. The highest BCUT2D eigenvalue weighted by atomic mass is 16.2. The Kier molecular flexibility index (Phi) is 4.61. The predicted octanol–water partition coefficient (Wildman–Crippen LogP) is 3.02. The van der Waals surface area contributed by atoms with Crippen molar-refractivity contribution in [1.29, 1.82) is 0 Å². The van der Waals surface area contributed by atoms with Crippen LogP contribution in [0.2, 0.25) is 0 Å². The van der Waals surface area contributed by atoms with Crippen molar-refractivity contribution in [2.24, 2.45) is 11.8 Å². The number of nitrogens with one attached hydrogen (secondary N) is 1. The summed E-state index contributed by atoms with van der Waals surface area (Å²) in [6, 6.07) is 2.00. The summed E-state index contributed by atoms with van der Waals surface area (Å²) in [5.74, 6) is 1.51. The van der Waals surface area contributed by atoms with Crippen LogP contribution in [0.5, 0.6) is 0 Å². The monoisotopic (exact) mass is 263 g/mol. The van der Waals surface area contributed by atoms with Gasteiger partial charge in [-0.2, -0.15) is 5.10 Å². The van der Waals surface area contributed by atoms with E-state index in [9.17, 15) is 4.79 Å². The smallest absolute Gasteiger partial charge is 0.269 e. The third-order valence-corrected chi connectivity index (χ3v) is 4.08. The molecular weight excluding hydrogens is 238 g/mol. The molecule has 1 aromatic heterocycles. The molecule has 106 valence electrons. The lowest BCUT2D eigenvalue weighted by Crippen LogP contribution is -2.32. The largest absolute Gasteiger partial charge is 0.350 e. The zero-order valence-corrected chi connectivity index (χ0v) is 12.2. The number of carbonyl (C=O) groups is 1. The average Bonchev–Trinajstić information content (AvgIpc) is 2.87. The van der Waals surface area contributed by atoms with Crippen LogP contribution in [0.15, 0.2) is 12.3 Å². The van der Waals surface area contributed by atoms with E-state index in [1.807, 2.05) is 13.8 Å². The van der Waals surface area contributed by atoms with Gasteiger partial charge >= 0.3 is 0 Å². The first-order valence-corrected chi connectivity index (χ1v) is 7.39. The molecule has 1 aliphatic rings. The van der Waals surface area contributed by atoms with Crippen LogP contribution in [0.3, 0.4) is 0 Å². The maximum absolute atomic E-state index is 12.2. The Hall–Kier alpha value is -1.32. The summed E-state index contributed by atoms with van der Waals surface area (Å²) in [7, 11) is 0. The number of hydrogen-bond donors (Lipinski definition) is 1. The van der Waals surface area contributed by atoms with Crippen molar-refractivity contribution >= 4 is 5.91 Å². The van der Waals surface area contributed by atoms with E-state index >= 15 is 0 Å². The molecule has 0 saturated heterocycles. The van der Waals surface area contributed by atoms with Gasteiger partial charge in [-0.1, -0.05) is 19.8 Å². The number of amides is 1. The maximum Gasteiger partial charge on any atom is 0.269 e. The lowest BCUT2D eigenvalue weighted by molar-refractivity contribution is 0.0929. The number of carbonyl (C=O) groups excluding carboxylic acids is 1. The standard InChI is InChI=1S/C15H25N3O/c1-11(2)18-14(8-9-17-18)15(19)16-10-13-6-4-12(3)5-7-13/h8-9,11-13H,4-7,10H2,1-3H3,(H,16,19). The average molecular weight is 263 g/mol. The number of nitrogens with zero attached hydrogens (tertiary/aromatic N) is 2. The van der Waals surface area contributed by atoms with Crippen molar-refractivity contribution in [3.63, 3.8) is 0 Å². The molecule has 0 aliphatic heterocycles. The Labute approximate surface area is 115 Å². The van der Waals surface area contributed by atoms with Gasteiger partial charge in [0.25, 0.3) is 5.91 Å². The van der Waals surface area contributed by atoms with Crippen molar-refractivity contribution in [2.75, 3.05) is 6.54 Å². The van der Waals surface area contributed by atoms with Crippen LogP contribution in [-0.4, -0.2) is 22.2 Å². The minimum Gasteiger partial charge on any atom is -0.350 e. The van der Waals surface area contributed by atoms with Gasteiger partial charge in [-0.05, 0) is 44.6 Å². The Morgan fingerprint density at radius 3 is 2.74 bits per heavy atom. The molecule has 19 heavy (non-hydrogen) atoms. The first kappa shape index (κ1) is 14.1. The molecule has 0 aromatic carbocycles. The molecule has 4 heteroatoms. The summed E-state index contributed by atoms with van der Waals surface area (Å²) in [6.07, 6.45) is 6.77. The van der Waals surface area contributed by atoms with E-state index < -0.39 is 0 Å². The third kappa shape index (κ3) is 3.58. The highest BCUT2D eigenvalue weighted by Crippen LogP contribution is 2.27. The van der Waals surface area contributed by atoms with Crippen LogP contribution < -0.4 is 5.32 Å². The van der Waals surface area contributed by atoms with E-state index in [0.29, 0.717) is 11.6 Å². The molecule has 1 saturated carbocycles. The number of hydrogen-bond acceptors (Lipinski definition) is 2. The summed E-state index contributed by atoms with van der Waals surface area (Å²) in [4.78, 5) is 12.2. The van der Waals surface area contributed by atoms with E-state index in [0.717, 1.165) is 12.5 Å². The van der Waals surface area contributed by atoms with Gasteiger partial charge in [-0.25, -0.2) is 0 Å². The second-order valence-electron chi connectivity index (χ2n) is 6.09. The molecule has 1 amide bonds. The molecular formula is C15H25N3O. The van der Waals surface area contributed by atoms with E-state index in [4.69, 9.17) is 0 Å². The van der Waals surface area contributed by atoms with Crippen molar-refractivity contribution < 1.29 is 4.79 Å². The van der Waals surface area contributed by atoms with Gasteiger partial charge < -0.3 is 5.32 Å². The molecule has 0 spiro atoms. The maximum atomic E-state index is 12.2. The fourth-order valence-electron chi connectivity index (χ4n) is 2.77. The molecule has 1 heterocycles. The number of aromatic nitrogens is 2. The fourth-order valence-corrected chi connectivity index (χ4v) is 2.77. The number of rotatable bonds is 4. The topological polar surface area (TPSA) is 46.9 Å². The molecule has 2 rings (SSSR count). The molecule has 1 aliphatic carbocycles. The Bertz CT molecular complexity index is 417. The summed E-state index contributed by atoms with van der Waals surface area (Å²) in [5.41, 5.74) is 0.666. The highest BCUT2D eigenvalue weighted by Gasteiger charge is 2.20. The Morgan fingerprint density at radius 2 is 2.11 bits per heavy atom. The summed E-state index contributed by atoms with van der Waals surface area (Å²) >= 11 is 0. The van der Waals surface area contributed by atoms with E-state index in [2.05, 4.69) is 17.3 Å². The molecule has 4 nitrogen and oxygen atoms in total.